The van der Waals surface area contributed by atoms with Crippen LogP contribution in [0.5, 0.6) is 0 Å². The second kappa shape index (κ2) is 7.39. The average Bonchev–Trinajstić information content (AvgIpc) is 3.28. The van der Waals surface area contributed by atoms with E-state index in [4.69, 9.17) is 4.74 Å². The van der Waals surface area contributed by atoms with Gasteiger partial charge in [0.2, 0.25) is 0 Å². The van der Waals surface area contributed by atoms with Crippen molar-refractivity contribution >= 4 is 11.6 Å². The predicted octanol–water partition coefficient (Wildman–Crippen LogP) is 4.26. The fraction of sp³-hybridized carbons (Fsp3) is 0.500. The number of nitrogens with zero attached hydrogens (tertiary/aromatic N) is 2. The highest BCUT2D eigenvalue weighted by atomic mass is 16.5. The molecule has 1 saturated heterocycles. The number of hydrogen-bond acceptors (Lipinski definition) is 3. The number of amides is 1. The zero-order chi connectivity index (χ0) is 19.0. The zero-order valence-corrected chi connectivity index (χ0v) is 16.5. The Morgan fingerprint density at radius 2 is 2.07 bits per heavy atom. The van der Waals surface area contributed by atoms with Crippen molar-refractivity contribution in [3.63, 3.8) is 0 Å². The summed E-state index contributed by atoms with van der Waals surface area (Å²) in [6.45, 7) is 8.92. The second-order valence-corrected chi connectivity index (χ2v) is 7.66. The molecule has 0 radical (unpaired) electrons. The van der Waals surface area contributed by atoms with Crippen LogP contribution in [0, 0.1) is 13.8 Å². The number of carbonyl (C=O) groups is 1. The van der Waals surface area contributed by atoms with E-state index in [0.29, 0.717) is 6.10 Å². The molecule has 27 heavy (non-hydrogen) atoms. The number of nitrogens with one attached hydrogen (secondary N) is 1. The van der Waals surface area contributed by atoms with Crippen LogP contribution >= 0.6 is 0 Å². The fourth-order valence-corrected chi connectivity index (χ4v) is 4.39. The topological polar surface area (TPSA) is 46.5 Å². The summed E-state index contributed by atoms with van der Waals surface area (Å²) in [5, 5.41) is 3.61. The van der Waals surface area contributed by atoms with Crippen LogP contribution in [0.2, 0.25) is 0 Å². The van der Waals surface area contributed by atoms with Crippen LogP contribution in [0.3, 0.4) is 0 Å². The van der Waals surface area contributed by atoms with E-state index in [9.17, 15) is 4.79 Å². The third-order valence-corrected chi connectivity index (χ3v) is 5.80. The van der Waals surface area contributed by atoms with E-state index in [2.05, 4.69) is 36.7 Å². The average molecular weight is 367 g/mol. The number of hydrogen-bond donors (Lipinski definition) is 1. The molecular weight excluding hydrogens is 338 g/mol. The lowest BCUT2D eigenvalue weighted by atomic mass is 10.0. The Morgan fingerprint density at radius 3 is 2.81 bits per heavy atom. The Balaban J connectivity index is 1.69. The highest BCUT2D eigenvalue weighted by Crippen LogP contribution is 2.35. The Morgan fingerprint density at radius 1 is 1.26 bits per heavy atom. The van der Waals surface area contributed by atoms with Crippen LogP contribution in [0.4, 0.5) is 5.69 Å². The Labute approximate surface area is 161 Å². The molecule has 0 unspecified atom stereocenters. The van der Waals surface area contributed by atoms with Crippen LogP contribution in [0.15, 0.2) is 30.3 Å². The third-order valence-electron chi connectivity index (χ3n) is 5.80. The van der Waals surface area contributed by atoms with Crippen molar-refractivity contribution in [1.29, 1.82) is 0 Å². The molecule has 3 heterocycles. The van der Waals surface area contributed by atoms with E-state index >= 15 is 0 Å². The van der Waals surface area contributed by atoms with Gasteiger partial charge in [-0.25, -0.2) is 0 Å². The number of ether oxygens (including phenoxy) is 1. The molecule has 1 amide bonds. The highest BCUT2D eigenvalue weighted by Gasteiger charge is 2.34. The Hall–Kier alpha value is -2.27. The maximum atomic E-state index is 13.1. The first-order chi connectivity index (χ1) is 13.1. The standard InChI is InChI=1S/C22H29N3O2/c1-4-11-24-21(23-20-10-6-5-9-18(20)22(24)26)19-13-15(2)25(16(19)3)14-17-8-7-12-27-17/h5-6,9-10,13,17,21,23H,4,7-8,11-12,14H2,1-3H3/t17-,21+/m1/s1. The van der Waals surface area contributed by atoms with Gasteiger partial charge in [0, 0.05) is 42.3 Å². The van der Waals surface area contributed by atoms with E-state index < -0.39 is 0 Å². The summed E-state index contributed by atoms with van der Waals surface area (Å²) in [4.78, 5) is 15.1. The first-order valence-electron chi connectivity index (χ1n) is 10.0. The van der Waals surface area contributed by atoms with Crippen LogP contribution in [0.25, 0.3) is 0 Å². The molecule has 1 aromatic heterocycles. The van der Waals surface area contributed by atoms with E-state index in [1.807, 2.05) is 29.2 Å². The molecule has 144 valence electrons. The molecule has 0 bridgehead atoms. The molecule has 0 aliphatic carbocycles. The molecule has 0 saturated carbocycles. The number of aryl methyl sites for hydroxylation is 1. The van der Waals surface area contributed by atoms with E-state index in [-0.39, 0.29) is 12.1 Å². The SMILES string of the molecule is CCCN1C(=O)c2ccccc2N[C@@H]1c1cc(C)n(C[C@H]2CCCO2)c1C. The smallest absolute Gasteiger partial charge is 0.257 e. The normalized spacial score (nSPS) is 22.0. The summed E-state index contributed by atoms with van der Waals surface area (Å²) < 4.78 is 8.19. The monoisotopic (exact) mass is 367 g/mol. The molecule has 0 spiro atoms. The van der Waals surface area contributed by atoms with Crippen LogP contribution in [-0.2, 0) is 11.3 Å². The van der Waals surface area contributed by atoms with Crippen LogP contribution in [-0.4, -0.2) is 34.6 Å². The molecule has 1 N–H and O–H groups in total. The van der Waals surface area contributed by atoms with Crippen molar-refractivity contribution in [3.8, 4) is 0 Å². The summed E-state index contributed by atoms with van der Waals surface area (Å²) in [7, 11) is 0. The molecule has 5 heteroatoms. The van der Waals surface area contributed by atoms with Crippen molar-refractivity contribution in [3.05, 3.63) is 52.8 Å². The maximum absolute atomic E-state index is 13.1. The summed E-state index contributed by atoms with van der Waals surface area (Å²) in [5.41, 5.74) is 5.30. The molecule has 1 fully saturated rings. The first kappa shape index (κ1) is 18.1. The molecule has 5 nitrogen and oxygen atoms in total. The second-order valence-electron chi connectivity index (χ2n) is 7.66. The van der Waals surface area contributed by atoms with Crippen LogP contribution < -0.4 is 5.32 Å². The van der Waals surface area contributed by atoms with Crippen molar-refractivity contribution in [1.82, 2.24) is 9.47 Å². The van der Waals surface area contributed by atoms with Gasteiger partial charge >= 0.3 is 0 Å². The van der Waals surface area contributed by atoms with Gasteiger partial charge in [-0.3, -0.25) is 4.79 Å². The third kappa shape index (κ3) is 3.25. The van der Waals surface area contributed by atoms with Crippen molar-refractivity contribution in [2.45, 2.75) is 58.8 Å². The molecular formula is C22H29N3O2. The van der Waals surface area contributed by atoms with Gasteiger partial charge in [0.1, 0.15) is 6.17 Å². The van der Waals surface area contributed by atoms with E-state index in [1.165, 1.54) is 17.0 Å². The van der Waals surface area contributed by atoms with Gasteiger partial charge in [0.05, 0.1) is 11.7 Å². The first-order valence-corrected chi connectivity index (χ1v) is 10.0. The number of rotatable bonds is 5. The quantitative estimate of drug-likeness (QED) is 0.859. The molecule has 2 aliphatic rings. The van der Waals surface area contributed by atoms with E-state index in [1.54, 1.807) is 0 Å². The number of anilines is 1. The minimum absolute atomic E-state index is 0.111. The number of para-hydroxylation sites is 1. The summed E-state index contributed by atoms with van der Waals surface area (Å²) in [6, 6.07) is 10.0. The van der Waals surface area contributed by atoms with Gasteiger partial charge in [0.25, 0.3) is 5.91 Å². The lowest BCUT2D eigenvalue weighted by molar-refractivity contribution is 0.0682. The highest BCUT2D eigenvalue weighted by molar-refractivity contribution is 6.01. The molecule has 1 aromatic carbocycles. The molecule has 2 atom stereocenters. The van der Waals surface area contributed by atoms with Gasteiger partial charge in [-0.1, -0.05) is 19.1 Å². The Bertz CT molecular complexity index is 836. The molecule has 2 aromatic rings. The lowest BCUT2D eigenvalue weighted by Gasteiger charge is -2.38. The number of fused-ring (bicyclic) bond motifs is 1. The van der Waals surface area contributed by atoms with Gasteiger partial charge < -0.3 is 19.5 Å². The van der Waals surface area contributed by atoms with Crippen molar-refractivity contribution in [2.24, 2.45) is 0 Å². The fourth-order valence-electron chi connectivity index (χ4n) is 4.39. The van der Waals surface area contributed by atoms with Crippen molar-refractivity contribution in [2.75, 3.05) is 18.5 Å². The largest absolute Gasteiger partial charge is 0.376 e. The number of aromatic nitrogens is 1. The van der Waals surface area contributed by atoms with Gasteiger partial charge in [-0.2, -0.15) is 0 Å². The minimum atomic E-state index is -0.128. The Kier molecular flexibility index (Phi) is 4.96. The minimum Gasteiger partial charge on any atom is -0.376 e. The van der Waals surface area contributed by atoms with Crippen LogP contribution in [0.1, 0.15) is 59.7 Å². The van der Waals surface area contributed by atoms with Crippen molar-refractivity contribution < 1.29 is 9.53 Å². The lowest BCUT2D eigenvalue weighted by Crippen LogP contribution is -2.43. The molecule has 2 aliphatic heterocycles. The summed E-state index contributed by atoms with van der Waals surface area (Å²) >= 11 is 0. The summed E-state index contributed by atoms with van der Waals surface area (Å²) in [6.07, 6.45) is 3.38. The number of carbonyl (C=O) groups excluding carboxylic acids is 1. The summed E-state index contributed by atoms with van der Waals surface area (Å²) in [5.74, 6) is 0.111. The van der Waals surface area contributed by atoms with E-state index in [0.717, 1.165) is 50.2 Å². The van der Waals surface area contributed by atoms with Gasteiger partial charge in [-0.05, 0) is 51.3 Å². The number of benzene rings is 1. The zero-order valence-electron chi connectivity index (χ0n) is 16.5. The van der Waals surface area contributed by atoms with Gasteiger partial charge in [-0.15, -0.1) is 0 Å². The van der Waals surface area contributed by atoms with Gasteiger partial charge in [0.15, 0.2) is 0 Å². The predicted molar refractivity (Wildman–Crippen MR) is 107 cm³/mol. The maximum Gasteiger partial charge on any atom is 0.257 e. The molecule has 4 rings (SSSR count).